The van der Waals surface area contributed by atoms with Crippen LogP contribution in [-0.2, 0) is 0 Å². The fraction of sp³-hybridized carbons (Fsp3) is 0.636. The molecule has 0 aliphatic rings. The van der Waals surface area contributed by atoms with Gasteiger partial charge in [0, 0.05) is 0 Å². The Morgan fingerprint density at radius 1 is 1.54 bits per heavy atom. The molecule has 0 aromatic carbocycles. The summed E-state index contributed by atoms with van der Waals surface area (Å²) in [7, 11) is 1.98. The van der Waals surface area contributed by atoms with Crippen molar-refractivity contribution in [3.8, 4) is 0 Å². The Labute approximate surface area is 80.3 Å². The second kappa shape index (κ2) is 4.47. The molecule has 2 atom stereocenters. The lowest BCUT2D eigenvalue weighted by atomic mass is 9.95. The van der Waals surface area contributed by atoms with Gasteiger partial charge in [-0.2, -0.15) is 0 Å². The van der Waals surface area contributed by atoms with Crippen LogP contribution in [0.1, 0.15) is 37.6 Å². The fourth-order valence-corrected chi connectivity index (χ4v) is 1.61. The molecule has 0 bridgehead atoms. The van der Waals surface area contributed by atoms with E-state index in [1.54, 1.807) is 6.26 Å². The Kier molecular flexibility index (Phi) is 3.55. The van der Waals surface area contributed by atoms with Gasteiger partial charge in [0.25, 0.3) is 0 Å². The van der Waals surface area contributed by atoms with Crippen molar-refractivity contribution < 1.29 is 4.42 Å². The molecule has 0 saturated carbocycles. The van der Waals surface area contributed by atoms with Gasteiger partial charge in [-0.15, -0.1) is 0 Å². The summed E-state index contributed by atoms with van der Waals surface area (Å²) in [6, 6.07) is 2.36. The molecule has 2 nitrogen and oxygen atoms in total. The Morgan fingerprint density at radius 3 is 2.62 bits per heavy atom. The first-order chi connectivity index (χ1) is 6.20. The van der Waals surface area contributed by atoms with E-state index < -0.39 is 0 Å². The highest BCUT2D eigenvalue weighted by Gasteiger charge is 2.20. The van der Waals surface area contributed by atoms with Crippen molar-refractivity contribution >= 4 is 0 Å². The van der Waals surface area contributed by atoms with Gasteiger partial charge >= 0.3 is 0 Å². The van der Waals surface area contributed by atoms with Crippen LogP contribution in [0.25, 0.3) is 0 Å². The van der Waals surface area contributed by atoms with Crippen molar-refractivity contribution in [2.75, 3.05) is 7.05 Å². The maximum absolute atomic E-state index is 5.48. The van der Waals surface area contributed by atoms with E-state index in [1.807, 2.05) is 13.1 Å². The molecule has 74 valence electrons. The SMILES string of the molecule is CCC(C)C(NC)c1occc1C. The van der Waals surface area contributed by atoms with E-state index in [2.05, 4.69) is 26.1 Å². The van der Waals surface area contributed by atoms with E-state index in [9.17, 15) is 0 Å². The average molecular weight is 181 g/mol. The first-order valence-corrected chi connectivity index (χ1v) is 4.92. The van der Waals surface area contributed by atoms with E-state index in [-0.39, 0.29) is 0 Å². The van der Waals surface area contributed by atoms with Crippen LogP contribution in [0.3, 0.4) is 0 Å². The van der Waals surface area contributed by atoms with Crippen LogP contribution >= 0.6 is 0 Å². The van der Waals surface area contributed by atoms with Crippen molar-refractivity contribution in [1.82, 2.24) is 5.32 Å². The Bertz CT molecular complexity index is 254. The zero-order chi connectivity index (χ0) is 9.84. The lowest BCUT2D eigenvalue weighted by Crippen LogP contribution is -2.23. The summed E-state index contributed by atoms with van der Waals surface area (Å²) in [5.41, 5.74) is 1.24. The largest absolute Gasteiger partial charge is 0.467 e. The van der Waals surface area contributed by atoms with Gasteiger partial charge in [-0.05, 0) is 31.5 Å². The Morgan fingerprint density at radius 2 is 2.23 bits per heavy atom. The van der Waals surface area contributed by atoms with Gasteiger partial charge in [-0.1, -0.05) is 20.3 Å². The number of hydrogen-bond acceptors (Lipinski definition) is 2. The zero-order valence-electron chi connectivity index (χ0n) is 8.92. The van der Waals surface area contributed by atoms with Crippen LogP contribution in [0.5, 0.6) is 0 Å². The molecule has 0 radical (unpaired) electrons. The standard InChI is InChI=1S/C11H19NO/c1-5-8(2)10(12-4)11-9(3)6-7-13-11/h6-8,10,12H,5H2,1-4H3. The predicted octanol–water partition coefficient (Wildman–Crippen LogP) is 2.89. The van der Waals surface area contributed by atoms with Crippen molar-refractivity contribution in [3.05, 3.63) is 23.7 Å². The van der Waals surface area contributed by atoms with Crippen molar-refractivity contribution in [3.63, 3.8) is 0 Å². The Balaban J connectivity index is 2.84. The molecule has 1 aromatic heterocycles. The van der Waals surface area contributed by atoms with Crippen molar-refractivity contribution in [2.24, 2.45) is 5.92 Å². The van der Waals surface area contributed by atoms with Crippen LogP contribution in [0.4, 0.5) is 0 Å². The minimum atomic E-state index is 0.347. The van der Waals surface area contributed by atoms with E-state index in [0.717, 1.165) is 12.2 Å². The number of hydrogen-bond donors (Lipinski definition) is 1. The fourth-order valence-electron chi connectivity index (χ4n) is 1.61. The van der Waals surface area contributed by atoms with Gasteiger partial charge < -0.3 is 9.73 Å². The molecule has 0 saturated heterocycles. The summed E-state index contributed by atoms with van der Waals surface area (Å²) >= 11 is 0. The van der Waals surface area contributed by atoms with E-state index in [0.29, 0.717) is 12.0 Å². The number of aryl methyl sites for hydroxylation is 1. The number of furan rings is 1. The van der Waals surface area contributed by atoms with E-state index in [4.69, 9.17) is 4.42 Å². The summed E-state index contributed by atoms with van der Waals surface area (Å²) in [6.07, 6.45) is 2.92. The van der Waals surface area contributed by atoms with Crippen molar-refractivity contribution in [2.45, 2.75) is 33.2 Å². The second-order valence-electron chi connectivity index (χ2n) is 3.62. The minimum Gasteiger partial charge on any atom is -0.467 e. The highest BCUT2D eigenvalue weighted by atomic mass is 16.3. The van der Waals surface area contributed by atoms with Gasteiger partial charge in [0.1, 0.15) is 5.76 Å². The first kappa shape index (κ1) is 10.3. The lowest BCUT2D eigenvalue weighted by Gasteiger charge is -2.20. The van der Waals surface area contributed by atoms with Crippen LogP contribution in [0, 0.1) is 12.8 Å². The zero-order valence-corrected chi connectivity index (χ0v) is 8.92. The van der Waals surface area contributed by atoms with Gasteiger partial charge in [0.2, 0.25) is 0 Å². The van der Waals surface area contributed by atoms with E-state index in [1.165, 1.54) is 5.56 Å². The topological polar surface area (TPSA) is 25.2 Å². The van der Waals surface area contributed by atoms with Gasteiger partial charge in [-0.25, -0.2) is 0 Å². The van der Waals surface area contributed by atoms with Crippen LogP contribution in [0.15, 0.2) is 16.7 Å². The van der Waals surface area contributed by atoms with Crippen LogP contribution < -0.4 is 5.32 Å². The van der Waals surface area contributed by atoms with Gasteiger partial charge in [0.05, 0.1) is 12.3 Å². The quantitative estimate of drug-likeness (QED) is 0.772. The van der Waals surface area contributed by atoms with E-state index >= 15 is 0 Å². The molecule has 0 spiro atoms. The Hall–Kier alpha value is -0.760. The van der Waals surface area contributed by atoms with Crippen LogP contribution in [0.2, 0.25) is 0 Å². The maximum atomic E-state index is 5.48. The second-order valence-corrected chi connectivity index (χ2v) is 3.62. The highest BCUT2D eigenvalue weighted by molar-refractivity contribution is 5.18. The summed E-state index contributed by atoms with van der Waals surface area (Å²) in [6.45, 7) is 6.53. The normalized spacial score (nSPS) is 15.7. The first-order valence-electron chi connectivity index (χ1n) is 4.92. The monoisotopic (exact) mass is 181 g/mol. The molecular weight excluding hydrogens is 162 g/mol. The third-order valence-corrected chi connectivity index (χ3v) is 2.71. The molecule has 2 heteroatoms. The van der Waals surface area contributed by atoms with Gasteiger partial charge in [-0.3, -0.25) is 0 Å². The summed E-state index contributed by atoms with van der Waals surface area (Å²) in [5, 5.41) is 3.30. The summed E-state index contributed by atoms with van der Waals surface area (Å²) < 4.78 is 5.48. The molecule has 13 heavy (non-hydrogen) atoms. The van der Waals surface area contributed by atoms with Crippen LogP contribution in [-0.4, -0.2) is 7.05 Å². The van der Waals surface area contributed by atoms with Crippen molar-refractivity contribution in [1.29, 1.82) is 0 Å². The summed E-state index contributed by atoms with van der Waals surface area (Å²) in [5.74, 6) is 1.69. The minimum absolute atomic E-state index is 0.347. The molecule has 1 N–H and O–H groups in total. The third kappa shape index (κ3) is 2.13. The maximum Gasteiger partial charge on any atom is 0.123 e. The lowest BCUT2D eigenvalue weighted by molar-refractivity contribution is 0.333. The molecule has 0 aliphatic heterocycles. The molecule has 0 fully saturated rings. The third-order valence-electron chi connectivity index (χ3n) is 2.71. The molecule has 1 heterocycles. The number of nitrogens with one attached hydrogen (secondary N) is 1. The predicted molar refractivity (Wildman–Crippen MR) is 54.7 cm³/mol. The molecule has 1 rings (SSSR count). The summed E-state index contributed by atoms with van der Waals surface area (Å²) in [4.78, 5) is 0. The van der Waals surface area contributed by atoms with Gasteiger partial charge in [0.15, 0.2) is 0 Å². The highest BCUT2D eigenvalue weighted by Crippen LogP contribution is 2.26. The molecule has 0 amide bonds. The molecule has 2 unspecified atom stereocenters. The number of rotatable bonds is 4. The molecule has 0 aliphatic carbocycles. The molecule has 1 aromatic rings. The smallest absolute Gasteiger partial charge is 0.123 e. The average Bonchev–Trinajstić information content (AvgIpc) is 2.53. The molecular formula is C11H19NO.